The monoisotopic (exact) mass is 517 g/mol. The van der Waals surface area contributed by atoms with Crippen LogP contribution in [0, 0.1) is 0 Å². The summed E-state index contributed by atoms with van der Waals surface area (Å²) in [4.78, 5) is 0. The van der Waals surface area contributed by atoms with Crippen LogP contribution in [0.1, 0.15) is 19.3 Å². The summed E-state index contributed by atoms with van der Waals surface area (Å²) in [6.45, 7) is 3.57. The van der Waals surface area contributed by atoms with E-state index in [0.29, 0.717) is 33.0 Å². The Bertz CT molecular complexity index is 692. The fourth-order valence-corrected chi connectivity index (χ4v) is 3.27. The quantitative estimate of drug-likeness (QED) is 0.334. The van der Waals surface area contributed by atoms with Crippen molar-refractivity contribution in [3.63, 3.8) is 0 Å². The molecular weight excluding hydrogens is 492 g/mol. The zero-order chi connectivity index (χ0) is 18.7. The first-order valence-corrected chi connectivity index (χ1v) is 10.6. The normalized spacial score (nSPS) is 16.5. The lowest BCUT2D eigenvalue weighted by Gasteiger charge is -2.22. The topological polar surface area (TPSA) is 46.2 Å². The van der Waals surface area contributed by atoms with E-state index in [1.807, 2.05) is 36.4 Å². The third-order valence-corrected chi connectivity index (χ3v) is 4.66. The van der Waals surface area contributed by atoms with Gasteiger partial charge in [-0.15, -0.1) is 0 Å². The lowest BCUT2D eigenvalue weighted by Crippen LogP contribution is -3.00. The molecule has 0 saturated carbocycles. The second-order valence-electron chi connectivity index (χ2n) is 6.27. The molecule has 7 heteroatoms. The zero-order valence-corrected chi connectivity index (χ0v) is 19.1. The summed E-state index contributed by atoms with van der Waals surface area (Å²) in [6, 6.07) is 12.0. The number of hydrogen-bond donors (Lipinski definition) is 0. The molecule has 2 aromatic carbocycles. The van der Waals surface area contributed by atoms with Gasteiger partial charge in [-0.3, -0.25) is 0 Å². The molecule has 1 aliphatic rings. The molecule has 156 valence electrons. The predicted molar refractivity (Wildman–Crippen MR) is 109 cm³/mol. The Hall–Kier alpha value is -0.860. The summed E-state index contributed by atoms with van der Waals surface area (Å²) >= 11 is 3.34. The van der Waals surface area contributed by atoms with Gasteiger partial charge in [0, 0.05) is 22.7 Å². The highest BCUT2D eigenvalue weighted by atomic mass is 79.9. The van der Waals surface area contributed by atoms with Crippen LogP contribution in [-0.4, -0.2) is 51.3 Å². The highest BCUT2D eigenvalue weighted by Crippen LogP contribution is 2.32. The molecule has 0 radical (unpaired) electrons. The van der Waals surface area contributed by atoms with Crippen LogP contribution in [0.2, 0.25) is 0 Å². The number of hydrogen-bond acceptors (Lipinski definition) is 5. The summed E-state index contributed by atoms with van der Waals surface area (Å²) in [6.07, 6.45) is 3.17. The van der Waals surface area contributed by atoms with Crippen LogP contribution < -0.4 is 26.5 Å². The minimum absolute atomic E-state index is 0. The highest BCUT2D eigenvalue weighted by molar-refractivity contribution is 9.09. The largest absolute Gasteiger partial charge is 1.00 e. The van der Waals surface area contributed by atoms with E-state index in [4.69, 9.17) is 23.7 Å². The lowest BCUT2D eigenvalue weighted by molar-refractivity contribution is -0.165. The number of halogens is 2. The van der Waals surface area contributed by atoms with E-state index in [1.54, 1.807) is 0 Å². The van der Waals surface area contributed by atoms with Crippen LogP contribution >= 0.6 is 15.9 Å². The van der Waals surface area contributed by atoms with E-state index >= 15 is 0 Å². The number of rotatable bonds is 11. The first kappa shape index (κ1) is 23.4. The maximum Gasteiger partial charge on any atom is 0.157 e. The Morgan fingerprint density at radius 3 is 2.14 bits per heavy atom. The minimum Gasteiger partial charge on any atom is -1.00 e. The first-order chi connectivity index (χ1) is 13.4. The summed E-state index contributed by atoms with van der Waals surface area (Å²) in [7, 11) is 0. The van der Waals surface area contributed by atoms with E-state index in [1.165, 1.54) is 6.42 Å². The van der Waals surface area contributed by atoms with Crippen molar-refractivity contribution in [2.45, 2.75) is 25.6 Å². The smallest absolute Gasteiger partial charge is 0.157 e. The molecule has 0 amide bonds. The molecular formula is C21H27Br2O5-. The van der Waals surface area contributed by atoms with Crippen molar-refractivity contribution < 1.29 is 40.7 Å². The fraction of sp³-hybridized carbons (Fsp3) is 0.524. The van der Waals surface area contributed by atoms with Gasteiger partial charge in [0.2, 0.25) is 0 Å². The summed E-state index contributed by atoms with van der Waals surface area (Å²) in [5.74, 6) is 1.67. The molecule has 1 saturated heterocycles. The van der Waals surface area contributed by atoms with Gasteiger partial charge in [0.15, 0.2) is 6.29 Å². The molecule has 5 nitrogen and oxygen atoms in total. The molecule has 0 N–H and O–H groups in total. The van der Waals surface area contributed by atoms with Crippen molar-refractivity contribution in [1.29, 1.82) is 0 Å². The SMILES string of the molecule is BrCCOCCOc1cccc2c(OCCOC3CCCCO3)cccc12.[Br-]. The van der Waals surface area contributed by atoms with E-state index in [0.717, 1.165) is 47.1 Å². The second kappa shape index (κ2) is 13.4. The Balaban J connectivity index is 0.00000280. The van der Waals surface area contributed by atoms with Crippen molar-refractivity contribution in [3.8, 4) is 11.5 Å². The standard InChI is InChI=1S/C21H27BrO5.BrH/c22-10-12-23-13-14-24-19-7-3-6-18-17(19)5-4-8-20(18)25-15-16-27-21-9-1-2-11-26-21;/h3-8,21H,1-2,9-16H2;1H/p-1. The van der Waals surface area contributed by atoms with Gasteiger partial charge in [-0.05, 0) is 31.4 Å². The van der Waals surface area contributed by atoms with Crippen LogP contribution in [0.15, 0.2) is 36.4 Å². The third-order valence-electron chi connectivity index (χ3n) is 4.33. The zero-order valence-electron chi connectivity index (χ0n) is 15.9. The molecule has 1 heterocycles. The van der Waals surface area contributed by atoms with Gasteiger partial charge >= 0.3 is 0 Å². The van der Waals surface area contributed by atoms with Gasteiger partial charge in [-0.25, -0.2) is 0 Å². The van der Waals surface area contributed by atoms with Gasteiger partial charge in [0.05, 0.1) is 19.8 Å². The highest BCUT2D eigenvalue weighted by Gasteiger charge is 2.14. The van der Waals surface area contributed by atoms with Gasteiger partial charge in [-0.1, -0.05) is 40.2 Å². The molecule has 1 fully saturated rings. The molecule has 0 bridgehead atoms. The minimum atomic E-state index is -0.0818. The van der Waals surface area contributed by atoms with Crippen LogP contribution in [0.4, 0.5) is 0 Å². The average Bonchev–Trinajstić information content (AvgIpc) is 2.72. The van der Waals surface area contributed by atoms with Gasteiger partial charge in [0.25, 0.3) is 0 Å². The summed E-state index contributed by atoms with van der Waals surface area (Å²) < 4.78 is 28.6. The molecule has 1 atom stereocenters. The summed E-state index contributed by atoms with van der Waals surface area (Å²) in [5.41, 5.74) is 0. The van der Waals surface area contributed by atoms with Crippen molar-refractivity contribution in [1.82, 2.24) is 0 Å². The Kier molecular flexibility index (Phi) is 11.2. The van der Waals surface area contributed by atoms with Crippen molar-refractivity contribution >= 4 is 26.7 Å². The van der Waals surface area contributed by atoms with Crippen LogP contribution in [0.25, 0.3) is 10.8 Å². The molecule has 2 aromatic rings. The Labute approximate surface area is 185 Å². The van der Waals surface area contributed by atoms with Gasteiger partial charge in [-0.2, -0.15) is 0 Å². The maximum absolute atomic E-state index is 5.96. The Morgan fingerprint density at radius 1 is 0.857 bits per heavy atom. The number of benzene rings is 2. The third kappa shape index (κ3) is 7.19. The van der Waals surface area contributed by atoms with E-state index < -0.39 is 0 Å². The molecule has 3 rings (SSSR count). The molecule has 1 unspecified atom stereocenters. The Morgan fingerprint density at radius 2 is 1.54 bits per heavy atom. The van der Waals surface area contributed by atoms with Crippen LogP contribution in [0.3, 0.4) is 0 Å². The molecule has 28 heavy (non-hydrogen) atoms. The lowest BCUT2D eigenvalue weighted by atomic mass is 10.1. The first-order valence-electron chi connectivity index (χ1n) is 9.53. The van der Waals surface area contributed by atoms with Crippen molar-refractivity contribution in [2.75, 3.05) is 45.0 Å². The molecule has 0 spiro atoms. The number of fused-ring (bicyclic) bond motifs is 1. The van der Waals surface area contributed by atoms with Crippen LogP contribution in [0.5, 0.6) is 11.5 Å². The second-order valence-corrected chi connectivity index (χ2v) is 7.07. The average molecular weight is 519 g/mol. The molecule has 1 aliphatic heterocycles. The molecule has 0 aromatic heterocycles. The van der Waals surface area contributed by atoms with Crippen molar-refractivity contribution in [3.05, 3.63) is 36.4 Å². The molecule has 0 aliphatic carbocycles. The van der Waals surface area contributed by atoms with Gasteiger partial charge < -0.3 is 40.7 Å². The summed E-state index contributed by atoms with van der Waals surface area (Å²) in [5, 5.41) is 2.90. The van der Waals surface area contributed by atoms with Crippen LogP contribution in [-0.2, 0) is 14.2 Å². The maximum atomic E-state index is 5.96. The van der Waals surface area contributed by atoms with E-state index in [9.17, 15) is 0 Å². The van der Waals surface area contributed by atoms with E-state index in [2.05, 4.69) is 15.9 Å². The van der Waals surface area contributed by atoms with Gasteiger partial charge in [0.1, 0.15) is 24.7 Å². The fourth-order valence-electron chi connectivity index (χ4n) is 3.05. The number of ether oxygens (including phenoxy) is 5. The predicted octanol–water partition coefficient (Wildman–Crippen LogP) is 1.56. The number of alkyl halides is 1. The van der Waals surface area contributed by atoms with E-state index in [-0.39, 0.29) is 23.3 Å². The van der Waals surface area contributed by atoms with Crippen molar-refractivity contribution in [2.24, 2.45) is 0 Å².